The van der Waals surface area contributed by atoms with Gasteiger partial charge < -0.3 is 0 Å². The third-order valence-corrected chi connectivity index (χ3v) is 3.39. The second-order valence-electron chi connectivity index (χ2n) is 5.12. The molecule has 0 aliphatic carbocycles. The maximum Gasteiger partial charge on any atom is 0.278 e. The second kappa shape index (κ2) is 5.37. The van der Waals surface area contributed by atoms with Crippen molar-refractivity contribution in [3.05, 3.63) is 77.5 Å². The molecule has 0 fully saturated rings. The summed E-state index contributed by atoms with van der Waals surface area (Å²) in [5.74, 6) is -0.109. The van der Waals surface area contributed by atoms with Gasteiger partial charge in [0.25, 0.3) is 5.91 Å². The minimum atomic E-state index is -0.109. The number of hydrogen-bond acceptors (Lipinski definition) is 2. The van der Waals surface area contributed by atoms with E-state index in [1.54, 1.807) is 0 Å². The van der Waals surface area contributed by atoms with E-state index in [9.17, 15) is 4.79 Å². The van der Waals surface area contributed by atoms with E-state index >= 15 is 0 Å². The van der Waals surface area contributed by atoms with Gasteiger partial charge in [-0.1, -0.05) is 48.0 Å². The smallest absolute Gasteiger partial charge is 0.267 e. The Bertz CT molecular complexity index is 771. The highest BCUT2D eigenvalue weighted by Crippen LogP contribution is 2.21. The van der Waals surface area contributed by atoms with Crippen LogP contribution in [0.1, 0.15) is 21.6 Å². The van der Waals surface area contributed by atoms with Crippen LogP contribution in [0.5, 0.6) is 0 Å². The zero-order chi connectivity index (χ0) is 14.8. The fraction of sp³-hybridized carbons (Fsp3) is 0.111. The van der Waals surface area contributed by atoms with Crippen LogP contribution in [0.25, 0.3) is 11.3 Å². The minimum absolute atomic E-state index is 0.109. The lowest BCUT2D eigenvalue weighted by molar-refractivity contribution is 0.0947. The summed E-state index contributed by atoms with van der Waals surface area (Å²) in [6, 6.07) is 19.3. The molecule has 0 atom stereocenters. The van der Waals surface area contributed by atoms with Crippen molar-refractivity contribution < 1.29 is 4.79 Å². The number of aryl methyl sites for hydroxylation is 2. The van der Waals surface area contributed by atoms with Crippen LogP contribution in [0, 0.1) is 13.8 Å². The predicted octanol–water partition coefficient (Wildman–Crippen LogP) is 3.86. The molecule has 0 amide bonds. The molecule has 21 heavy (non-hydrogen) atoms. The average molecular weight is 276 g/mol. The predicted molar refractivity (Wildman–Crippen MR) is 83.3 cm³/mol. The lowest BCUT2D eigenvalue weighted by Crippen LogP contribution is -2.15. The molecule has 0 saturated carbocycles. The summed E-state index contributed by atoms with van der Waals surface area (Å²) in [4.78, 5) is 12.7. The molecule has 104 valence electrons. The SMILES string of the molecule is Cc1ccc(C(=O)n2nc(C)cc2-c2ccccc2)cc1. The van der Waals surface area contributed by atoms with Gasteiger partial charge in [0, 0.05) is 11.1 Å². The first kappa shape index (κ1) is 13.3. The monoisotopic (exact) mass is 276 g/mol. The van der Waals surface area contributed by atoms with Gasteiger partial charge in [-0.25, -0.2) is 0 Å². The summed E-state index contributed by atoms with van der Waals surface area (Å²) >= 11 is 0. The minimum Gasteiger partial charge on any atom is -0.267 e. The third-order valence-electron chi connectivity index (χ3n) is 3.39. The molecule has 3 rings (SSSR count). The molecule has 0 saturated heterocycles. The van der Waals surface area contributed by atoms with E-state index in [-0.39, 0.29) is 5.91 Å². The molecule has 0 spiro atoms. The molecule has 1 heterocycles. The first-order valence-electron chi connectivity index (χ1n) is 6.88. The molecule has 0 aliphatic rings. The van der Waals surface area contributed by atoms with Crippen LogP contribution >= 0.6 is 0 Å². The molecule has 0 aliphatic heterocycles. The molecule has 3 nitrogen and oxygen atoms in total. The van der Waals surface area contributed by atoms with Gasteiger partial charge in [0.1, 0.15) is 0 Å². The summed E-state index contributed by atoms with van der Waals surface area (Å²) in [7, 11) is 0. The molecular weight excluding hydrogens is 260 g/mol. The van der Waals surface area contributed by atoms with Gasteiger partial charge >= 0.3 is 0 Å². The highest BCUT2D eigenvalue weighted by Gasteiger charge is 2.15. The van der Waals surface area contributed by atoms with Crippen LogP contribution in [-0.2, 0) is 0 Å². The number of rotatable bonds is 2. The van der Waals surface area contributed by atoms with E-state index in [0.717, 1.165) is 22.5 Å². The molecular formula is C18H16N2O. The van der Waals surface area contributed by atoms with Gasteiger partial charge in [-0.3, -0.25) is 4.79 Å². The van der Waals surface area contributed by atoms with Crippen LogP contribution in [0.15, 0.2) is 60.7 Å². The van der Waals surface area contributed by atoms with Crippen molar-refractivity contribution in [3.8, 4) is 11.3 Å². The summed E-state index contributed by atoms with van der Waals surface area (Å²) in [5.41, 5.74) is 4.40. The standard InChI is InChI=1S/C18H16N2O/c1-13-8-10-16(11-9-13)18(21)20-17(12-14(2)19-20)15-6-4-3-5-7-15/h3-12H,1-2H3. The van der Waals surface area contributed by atoms with Gasteiger partial charge in [0.2, 0.25) is 0 Å². The van der Waals surface area contributed by atoms with Gasteiger partial charge in [-0.15, -0.1) is 0 Å². The Morgan fingerprint density at radius 1 is 0.952 bits per heavy atom. The number of nitrogens with zero attached hydrogens (tertiary/aromatic N) is 2. The normalized spacial score (nSPS) is 10.6. The van der Waals surface area contributed by atoms with Crippen molar-refractivity contribution >= 4 is 5.91 Å². The largest absolute Gasteiger partial charge is 0.278 e. The maximum absolute atomic E-state index is 12.7. The van der Waals surface area contributed by atoms with E-state index < -0.39 is 0 Å². The van der Waals surface area contributed by atoms with Gasteiger partial charge in [0.05, 0.1) is 11.4 Å². The number of benzene rings is 2. The topological polar surface area (TPSA) is 34.9 Å². The van der Waals surface area contributed by atoms with E-state index in [1.165, 1.54) is 4.68 Å². The number of carbonyl (C=O) groups excluding carboxylic acids is 1. The molecule has 2 aromatic carbocycles. The first-order valence-corrected chi connectivity index (χ1v) is 6.88. The molecule has 0 unspecified atom stereocenters. The van der Waals surface area contributed by atoms with Crippen LogP contribution in [-0.4, -0.2) is 15.7 Å². The Balaban J connectivity index is 2.07. The Labute approximate surface area is 123 Å². The second-order valence-corrected chi connectivity index (χ2v) is 5.12. The zero-order valence-electron chi connectivity index (χ0n) is 12.1. The van der Waals surface area contributed by atoms with E-state index in [0.29, 0.717) is 5.56 Å². The van der Waals surface area contributed by atoms with Crippen molar-refractivity contribution in [1.82, 2.24) is 9.78 Å². The summed E-state index contributed by atoms with van der Waals surface area (Å²) in [6.45, 7) is 3.90. The number of carbonyl (C=O) groups is 1. The quantitative estimate of drug-likeness (QED) is 0.712. The molecule has 0 N–H and O–H groups in total. The summed E-state index contributed by atoms with van der Waals surface area (Å²) < 4.78 is 1.48. The Hall–Kier alpha value is -2.68. The molecule has 0 bridgehead atoms. The van der Waals surface area contributed by atoms with E-state index in [2.05, 4.69) is 5.10 Å². The van der Waals surface area contributed by atoms with Crippen LogP contribution in [0.4, 0.5) is 0 Å². The number of hydrogen-bond donors (Lipinski definition) is 0. The number of aromatic nitrogens is 2. The Morgan fingerprint density at radius 2 is 1.62 bits per heavy atom. The third kappa shape index (κ3) is 2.63. The molecule has 1 aromatic heterocycles. The van der Waals surface area contributed by atoms with Gasteiger partial charge in [0.15, 0.2) is 0 Å². The fourth-order valence-corrected chi connectivity index (χ4v) is 2.29. The van der Waals surface area contributed by atoms with Crippen molar-refractivity contribution in [1.29, 1.82) is 0 Å². The van der Waals surface area contributed by atoms with Crippen molar-refractivity contribution in [2.24, 2.45) is 0 Å². The van der Waals surface area contributed by atoms with Crippen LogP contribution in [0.3, 0.4) is 0 Å². The van der Waals surface area contributed by atoms with Gasteiger partial charge in [-0.05, 0) is 32.0 Å². The lowest BCUT2D eigenvalue weighted by atomic mass is 10.1. The van der Waals surface area contributed by atoms with E-state index in [1.807, 2.05) is 74.5 Å². The lowest BCUT2D eigenvalue weighted by Gasteiger charge is -2.06. The molecule has 3 aromatic rings. The van der Waals surface area contributed by atoms with E-state index in [4.69, 9.17) is 0 Å². The summed E-state index contributed by atoms with van der Waals surface area (Å²) in [6.07, 6.45) is 0. The first-order chi connectivity index (χ1) is 10.1. The highest BCUT2D eigenvalue weighted by molar-refractivity contribution is 5.97. The zero-order valence-corrected chi connectivity index (χ0v) is 12.1. The van der Waals surface area contributed by atoms with Crippen molar-refractivity contribution in [2.75, 3.05) is 0 Å². The Morgan fingerprint density at radius 3 is 2.29 bits per heavy atom. The fourth-order valence-electron chi connectivity index (χ4n) is 2.29. The average Bonchev–Trinajstić information content (AvgIpc) is 2.90. The van der Waals surface area contributed by atoms with Crippen LogP contribution in [0.2, 0.25) is 0 Å². The van der Waals surface area contributed by atoms with Crippen molar-refractivity contribution in [2.45, 2.75) is 13.8 Å². The van der Waals surface area contributed by atoms with Crippen molar-refractivity contribution in [3.63, 3.8) is 0 Å². The maximum atomic E-state index is 12.7. The Kier molecular flexibility index (Phi) is 3.40. The molecule has 3 heteroatoms. The molecule has 0 radical (unpaired) electrons. The highest BCUT2D eigenvalue weighted by atomic mass is 16.2. The van der Waals surface area contributed by atoms with Crippen LogP contribution < -0.4 is 0 Å². The summed E-state index contributed by atoms with van der Waals surface area (Å²) in [5, 5.41) is 4.35. The van der Waals surface area contributed by atoms with Gasteiger partial charge in [-0.2, -0.15) is 9.78 Å².